The molecule has 32 heavy (non-hydrogen) atoms. The zero-order valence-electron chi connectivity index (χ0n) is 16.2. The standard InChI is InChI=1S/C20H13ClF4N2O5/c1-30-19(29)10-31-15-4-2-3-5-16(15)32-17-8-14(13(22)7-12(17)21)27-18(28)6-11(9-26-27)20(23,24)25/h2-9H,10H2,1H3. The summed E-state index contributed by atoms with van der Waals surface area (Å²) in [5.41, 5.74) is -2.98. The lowest BCUT2D eigenvalue weighted by Gasteiger charge is -2.14. The van der Waals surface area contributed by atoms with Crippen LogP contribution in [0.2, 0.25) is 5.02 Å². The number of carbonyl (C=O) groups is 1. The Labute approximate surface area is 182 Å². The molecule has 0 N–H and O–H groups in total. The van der Waals surface area contributed by atoms with Crippen LogP contribution in [-0.4, -0.2) is 29.5 Å². The molecule has 1 aromatic heterocycles. The van der Waals surface area contributed by atoms with Gasteiger partial charge in [0.2, 0.25) is 0 Å². The van der Waals surface area contributed by atoms with Gasteiger partial charge in [-0.05, 0) is 18.2 Å². The van der Waals surface area contributed by atoms with Crippen LogP contribution in [0.5, 0.6) is 17.2 Å². The van der Waals surface area contributed by atoms with E-state index in [2.05, 4.69) is 9.84 Å². The smallest absolute Gasteiger partial charge is 0.418 e. The summed E-state index contributed by atoms with van der Waals surface area (Å²) < 4.78 is 68.7. The van der Waals surface area contributed by atoms with Crippen LogP contribution < -0.4 is 15.0 Å². The summed E-state index contributed by atoms with van der Waals surface area (Å²) in [6.45, 7) is -0.413. The highest BCUT2D eigenvalue weighted by Gasteiger charge is 2.32. The van der Waals surface area contributed by atoms with E-state index in [1.807, 2.05) is 0 Å². The number of rotatable bonds is 6. The fraction of sp³-hybridized carbons (Fsp3) is 0.150. The lowest BCUT2D eigenvalue weighted by atomic mass is 10.2. The minimum absolute atomic E-state index is 0.0867. The molecule has 0 aliphatic rings. The van der Waals surface area contributed by atoms with Gasteiger partial charge in [-0.1, -0.05) is 23.7 Å². The predicted octanol–water partition coefficient (Wildman–Crippen LogP) is 4.39. The largest absolute Gasteiger partial charge is 0.478 e. The second-order valence-corrected chi connectivity index (χ2v) is 6.55. The van der Waals surface area contributed by atoms with Gasteiger partial charge in [-0.25, -0.2) is 9.18 Å². The first-order valence-electron chi connectivity index (χ1n) is 8.72. The van der Waals surface area contributed by atoms with Crippen molar-refractivity contribution >= 4 is 17.6 Å². The Balaban J connectivity index is 1.98. The molecule has 1 heterocycles. The van der Waals surface area contributed by atoms with Crippen molar-refractivity contribution < 1.29 is 36.6 Å². The molecular formula is C20H13ClF4N2O5. The van der Waals surface area contributed by atoms with Gasteiger partial charge in [0.05, 0.1) is 23.9 Å². The molecule has 0 fully saturated rings. The van der Waals surface area contributed by atoms with Crippen molar-refractivity contribution in [1.82, 2.24) is 9.78 Å². The molecule has 12 heteroatoms. The fourth-order valence-electron chi connectivity index (χ4n) is 2.47. The van der Waals surface area contributed by atoms with Gasteiger partial charge in [0, 0.05) is 12.1 Å². The van der Waals surface area contributed by atoms with Crippen LogP contribution in [0.25, 0.3) is 5.69 Å². The van der Waals surface area contributed by atoms with Crippen molar-refractivity contribution in [2.45, 2.75) is 6.18 Å². The van der Waals surface area contributed by atoms with Gasteiger partial charge < -0.3 is 14.2 Å². The number of hydrogen-bond acceptors (Lipinski definition) is 6. The molecule has 0 saturated heterocycles. The third-order valence-corrected chi connectivity index (χ3v) is 4.29. The number of benzene rings is 2. The van der Waals surface area contributed by atoms with E-state index in [0.29, 0.717) is 10.9 Å². The molecule has 0 saturated carbocycles. The average Bonchev–Trinajstić information content (AvgIpc) is 2.74. The molecule has 0 aliphatic heterocycles. The van der Waals surface area contributed by atoms with Gasteiger partial charge in [0.15, 0.2) is 23.9 Å². The molecule has 3 aromatic rings. The summed E-state index contributed by atoms with van der Waals surface area (Å²) in [6.07, 6.45) is -4.39. The van der Waals surface area contributed by atoms with Gasteiger partial charge >= 0.3 is 12.1 Å². The highest BCUT2D eigenvalue weighted by Crippen LogP contribution is 2.37. The monoisotopic (exact) mass is 472 g/mol. The van der Waals surface area contributed by atoms with E-state index in [1.165, 1.54) is 19.2 Å². The van der Waals surface area contributed by atoms with Gasteiger partial charge in [-0.3, -0.25) is 4.79 Å². The summed E-state index contributed by atoms with van der Waals surface area (Å²) >= 11 is 6.03. The second kappa shape index (κ2) is 9.27. The number of esters is 1. The van der Waals surface area contributed by atoms with Crippen LogP contribution in [0.4, 0.5) is 17.6 Å². The minimum Gasteiger partial charge on any atom is -0.478 e. The molecule has 0 bridgehead atoms. The molecule has 0 aliphatic carbocycles. The van der Waals surface area contributed by atoms with Crippen molar-refractivity contribution in [2.24, 2.45) is 0 Å². The van der Waals surface area contributed by atoms with Crippen molar-refractivity contribution in [3.8, 4) is 22.9 Å². The molecule has 168 valence electrons. The lowest BCUT2D eigenvalue weighted by molar-refractivity contribution is -0.143. The van der Waals surface area contributed by atoms with Gasteiger partial charge in [-0.15, -0.1) is 0 Å². The Hall–Kier alpha value is -3.60. The number of carbonyl (C=O) groups excluding carboxylic acids is 1. The Morgan fingerprint density at radius 3 is 2.44 bits per heavy atom. The number of hydrogen-bond donors (Lipinski definition) is 0. The fourth-order valence-corrected chi connectivity index (χ4v) is 2.66. The molecule has 2 aromatic carbocycles. The Morgan fingerprint density at radius 1 is 1.12 bits per heavy atom. The summed E-state index contributed by atoms with van der Waals surface area (Å²) in [4.78, 5) is 23.4. The second-order valence-electron chi connectivity index (χ2n) is 6.14. The number of aromatic nitrogens is 2. The van der Waals surface area contributed by atoms with Crippen LogP contribution in [0.15, 0.2) is 53.5 Å². The molecule has 0 amide bonds. The van der Waals surface area contributed by atoms with E-state index in [0.717, 1.165) is 12.1 Å². The summed E-state index contributed by atoms with van der Waals surface area (Å²) in [5, 5.41) is 3.20. The van der Waals surface area contributed by atoms with Crippen LogP contribution in [-0.2, 0) is 15.7 Å². The molecule has 0 atom stereocenters. The Morgan fingerprint density at radius 2 is 1.81 bits per heavy atom. The first-order chi connectivity index (χ1) is 15.1. The number of ether oxygens (including phenoxy) is 3. The summed E-state index contributed by atoms with van der Waals surface area (Å²) in [7, 11) is 1.19. The van der Waals surface area contributed by atoms with Crippen LogP contribution in [0, 0.1) is 5.82 Å². The molecule has 0 unspecified atom stereocenters. The number of nitrogens with zero attached hydrogens (tertiary/aromatic N) is 2. The zero-order chi connectivity index (χ0) is 23.5. The third kappa shape index (κ3) is 5.17. The summed E-state index contributed by atoms with van der Waals surface area (Å²) in [5.74, 6) is -1.60. The number of methoxy groups -OCH3 is 1. The number of halogens is 5. The topological polar surface area (TPSA) is 79.7 Å². The van der Waals surface area contributed by atoms with Crippen LogP contribution >= 0.6 is 11.6 Å². The van der Waals surface area contributed by atoms with Gasteiger partial charge in [0.1, 0.15) is 11.4 Å². The average molecular weight is 473 g/mol. The maximum atomic E-state index is 14.5. The van der Waals surface area contributed by atoms with Crippen molar-refractivity contribution in [3.05, 3.63) is 75.4 Å². The zero-order valence-corrected chi connectivity index (χ0v) is 16.9. The Bertz CT molecular complexity index is 1210. The van der Waals surface area contributed by atoms with Gasteiger partial charge in [-0.2, -0.15) is 23.0 Å². The first-order valence-corrected chi connectivity index (χ1v) is 9.10. The molecule has 0 spiro atoms. The first kappa shape index (κ1) is 23.1. The predicted molar refractivity (Wildman–Crippen MR) is 104 cm³/mol. The molecular weight excluding hydrogens is 460 g/mol. The molecule has 0 radical (unpaired) electrons. The van der Waals surface area contributed by atoms with E-state index in [4.69, 9.17) is 21.1 Å². The van der Waals surface area contributed by atoms with E-state index >= 15 is 0 Å². The van der Waals surface area contributed by atoms with Crippen LogP contribution in [0.3, 0.4) is 0 Å². The van der Waals surface area contributed by atoms with Crippen molar-refractivity contribution in [1.29, 1.82) is 0 Å². The van der Waals surface area contributed by atoms with Crippen molar-refractivity contribution in [3.63, 3.8) is 0 Å². The lowest BCUT2D eigenvalue weighted by Crippen LogP contribution is -2.24. The normalized spacial score (nSPS) is 11.2. The van der Waals surface area contributed by atoms with E-state index < -0.39 is 41.4 Å². The van der Waals surface area contributed by atoms with Gasteiger partial charge in [0.25, 0.3) is 5.56 Å². The maximum absolute atomic E-state index is 14.5. The molecule has 3 rings (SSSR count). The van der Waals surface area contributed by atoms with Crippen molar-refractivity contribution in [2.75, 3.05) is 13.7 Å². The third-order valence-electron chi connectivity index (χ3n) is 4.00. The number of para-hydroxylation sites is 2. The Kier molecular flexibility index (Phi) is 6.68. The minimum atomic E-state index is -4.79. The highest BCUT2D eigenvalue weighted by molar-refractivity contribution is 6.32. The van der Waals surface area contributed by atoms with E-state index in [1.54, 1.807) is 12.1 Å². The number of alkyl halides is 3. The van der Waals surface area contributed by atoms with Crippen LogP contribution in [0.1, 0.15) is 5.56 Å². The molecule has 7 nitrogen and oxygen atoms in total. The van der Waals surface area contributed by atoms with E-state index in [9.17, 15) is 27.2 Å². The maximum Gasteiger partial charge on any atom is 0.418 e. The highest BCUT2D eigenvalue weighted by atomic mass is 35.5. The summed E-state index contributed by atoms with van der Waals surface area (Å²) in [6, 6.07) is 8.24. The SMILES string of the molecule is COC(=O)COc1ccccc1Oc1cc(-n2ncc(C(F)(F)F)cc2=O)c(F)cc1Cl. The van der Waals surface area contributed by atoms with E-state index in [-0.39, 0.29) is 28.3 Å². The quantitative estimate of drug-likeness (QED) is 0.391.